The first kappa shape index (κ1) is 13.0. The molecule has 2 rings (SSSR count). The summed E-state index contributed by atoms with van der Waals surface area (Å²) in [4.78, 5) is 10.2. The Morgan fingerprint density at radius 1 is 1.39 bits per heavy atom. The summed E-state index contributed by atoms with van der Waals surface area (Å²) in [5, 5.41) is 10.6. The Kier molecular flexibility index (Phi) is 3.97. The van der Waals surface area contributed by atoms with Gasteiger partial charge < -0.3 is 5.73 Å². The van der Waals surface area contributed by atoms with Crippen LogP contribution in [0.5, 0.6) is 0 Å². The van der Waals surface area contributed by atoms with E-state index < -0.39 is 0 Å². The molecular weight excluding hydrogens is 228 g/mol. The molecule has 1 saturated carbocycles. The molecule has 3 atom stereocenters. The average Bonchev–Trinajstić information content (AvgIpc) is 2.76. The summed E-state index contributed by atoms with van der Waals surface area (Å²) in [5.74, 6) is 1.30. The maximum atomic E-state index is 10.6. The first-order valence-electron chi connectivity index (χ1n) is 6.57. The fourth-order valence-corrected chi connectivity index (χ4v) is 2.99. The number of hydrogen-bond donors (Lipinski definition) is 1. The molecule has 98 valence electrons. The Bertz CT molecular complexity index is 416. The summed E-state index contributed by atoms with van der Waals surface area (Å²) in [6.45, 7) is 2.27. The van der Waals surface area contributed by atoms with Gasteiger partial charge in [-0.15, -0.1) is 0 Å². The van der Waals surface area contributed by atoms with E-state index in [9.17, 15) is 10.1 Å². The van der Waals surface area contributed by atoms with Gasteiger partial charge in [0.05, 0.1) is 4.92 Å². The van der Waals surface area contributed by atoms with Gasteiger partial charge in [-0.05, 0) is 30.2 Å². The lowest BCUT2D eigenvalue weighted by Gasteiger charge is -2.23. The van der Waals surface area contributed by atoms with Crippen molar-refractivity contribution in [1.29, 1.82) is 0 Å². The summed E-state index contributed by atoms with van der Waals surface area (Å²) in [7, 11) is 0. The molecule has 18 heavy (non-hydrogen) atoms. The second-order valence-electron chi connectivity index (χ2n) is 5.36. The second kappa shape index (κ2) is 5.48. The summed E-state index contributed by atoms with van der Waals surface area (Å²) >= 11 is 0. The highest BCUT2D eigenvalue weighted by Crippen LogP contribution is 2.33. The van der Waals surface area contributed by atoms with Crippen LogP contribution >= 0.6 is 0 Å². The molecule has 0 radical (unpaired) electrons. The Hall–Kier alpha value is -1.42. The monoisotopic (exact) mass is 248 g/mol. The Morgan fingerprint density at radius 2 is 2.06 bits per heavy atom. The Labute approximate surface area is 107 Å². The number of benzene rings is 1. The molecule has 0 bridgehead atoms. The molecule has 2 N–H and O–H groups in total. The van der Waals surface area contributed by atoms with Crippen molar-refractivity contribution in [3.63, 3.8) is 0 Å². The molecule has 0 aromatic heterocycles. The Balaban J connectivity index is 1.98. The van der Waals surface area contributed by atoms with Gasteiger partial charge >= 0.3 is 0 Å². The van der Waals surface area contributed by atoms with Crippen molar-refractivity contribution in [3.8, 4) is 0 Å². The van der Waals surface area contributed by atoms with Crippen LogP contribution in [-0.2, 0) is 6.42 Å². The number of nitrogens with zero attached hydrogens (tertiary/aromatic N) is 1. The molecule has 0 heterocycles. The van der Waals surface area contributed by atoms with Crippen molar-refractivity contribution in [3.05, 3.63) is 39.9 Å². The van der Waals surface area contributed by atoms with Crippen molar-refractivity contribution < 1.29 is 4.92 Å². The maximum Gasteiger partial charge on any atom is 0.269 e. The average molecular weight is 248 g/mol. The lowest BCUT2D eigenvalue weighted by atomic mass is 9.87. The number of hydrogen-bond acceptors (Lipinski definition) is 3. The molecule has 1 aliphatic carbocycles. The van der Waals surface area contributed by atoms with E-state index in [1.807, 2.05) is 12.1 Å². The molecule has 3 unspecified atom stereocenters. The van der Waals surface area contributed by atoms with Crippen molar-refractivity contribution in [2.75, 3.05) is 0 Å². The van der Waals surface area contributed by atoms with Gasteiger partial charge in [0.25, 0.3) is 5.69 Å². The van der Waals surface area contributed by atoms with E-state index in [0.717, 1.165) is 12.0 Å². The van der Waals surface area contributed by atoms with Crippen LogP contribution in [-0.4, -0.2) is 11.0 Å². The van der Waals surface area contributed by atoms with Gasteiger partial charge in [-0.25, -0.2) is 0 Å². The molecule has 1 aromatic rings. The van der Waals surface area contributed by atoms with E-state index in [-0.39, 0.29) is 16.7 Å². The van der Waals surface area contributed by atoms with Crippen LogP contribution in [0.3, 0.4) is 0 Å². The molecule has 0 amide bonds. The molecule has 4 heteroatoms. The van der Waals surface area contributed by atoms with Gasteiger partial charge in [0.15, 0.2) is 0 Å². The highest BCUT2D eigenvalue weighted by molar-refractivity contribution is 5.33. The molecular formula is C14H20N2O2. The van der Waals surface area contributed by atoms with E-state index in [1.54, 1.807) is 12.1 Å². The molecule has 1 aliphatic rings. The van der Waals surface area contributed by atoms with Gasteiger partial charge in [0.1, 0.15) is 0 Å². The van der Waals surface area contributed by atoms with Gasteiger partial charge in [-0.2, -0.15) is 0 Å². The maximum absolute atomic E-state index is 10.6. The minimum atomic E-state index is -0.372. The summed E-state index contributed by atoms with van der Waals surface area (Å²) in [5.41, 5.74) is 7.50. The summed E-state index contributed by atoms with van der Waals surface area (Å²) in [6, 6.07) is 6.92. The standard InChI is InChI=1S/C14H20N2O2/c1-10-3-2-4-13(10)14(15)9-11-5-7-12(8-6-11)16(17)18/h5-8,10,13-14H,2-4,9,15H2,1H3. The van der Waals surface area contributed by atoms with E-state index in [1.165, 1.54) is 19.3 Å². The molecule has 4 nitrogen and oxygen atoms in total. The van der Waals surface area contributed by atoms with Gasteiger partial charge in [0, 0.05) is 18.2 Å². The third-order valence-corrected chi connectivity index (χ3v) is 4.10. The SMILES string of the molecule is CC1CCCC1C(N)Cc1ccc([N+](=O)[O-])cc1. The van der Waals surface area contributed by atoms with Crippen molar-refractivity contribution in [2.45, 2.75) is 38.6 Å². The van der Waals surface area contributed by atoms with Crippen LogP contribution in [0.25, 0.3) is 0 Å². The van der Waals surface area contributed by atoms with Crippen LogP contribution in [0.1, 0.15) is 31.7 Å². The predicted molar refractivity (Wildman–Crippen MR) is 71.3 cm³/mol. The van der Waals surface area contributed by atoms with Crippen molar-refractivity contribution in [2.24, 2.45) is 17.6 Å². The highest BCUT2D eigenvalue weighted by Gasteiger charge is 2.28. The third kappa shape index (κ3) is 2.88. The number of nitro groups is 1. The highest BCUT2D eigenvalue weighted by atomic mass is 16.6. The van der Waals surface area contributed by atoms with E-state index in [0.29, 0.717) is 11.8 Å². The summed E-state index contributed by atoms with van der Waals surface area (Å²) in [6.07, 6.45) is 4.58. The van der Waals surface area contributed by atoms with Gasteiger partial charge in [-0.1, -0.05) is 31.9 Å². The smallest absolute Gasteiger partial charge is 0.269 e. The van der Waals surface area contributed by atoms with Crippen molar-refractivity contribution in [1.82, 2.24) is 0 Å². The van der Waals surface area contributed by atoms with Crippen LogP contribution in [0.2, 0.25) is 0 Å². The van der Waals surface area contributed by atoms with Crippen LogP contribution in [0.4, 0.5) is 5.69 Å². The first-order chi connectivity index (χ1) is 8.58. The van der Waals surface area contributed by atoms with E-state index in [2.05, 4.69) is 6.92 Å². The minimum Gasteiger partial charge on any atom is -0.327 e. The molecule has 0 saturated heterocycles. The first-order valence-corrected chi connectivity index (χ1v) is 6.57. The number of rotatable bonds is 4. The molecule has 0 aliphatic heterocycles. The van der Waals surface area contributed by atoms with Gasteiger partial charge in [-0.3, -0.25) is 10.1 Å². The summed E-state index contributed by atoms with van der Waals surface area (Å²) < 4.78 is 0. The lowest BCUT2D eigenvalue weighted by molar-refractivity contribution is -0.384. The fraction of sp³-hybridized carbons (Fsp3) is 0.571. The zero-order valence-corrected chi connectivity index (χ0v) is 10.7. The molecule has 0 spiro atoms. The lowest BCUT2D eigenvalue weighted by Crippen LogP contribution is -2.33. The van der Waals surface area contributed by atoms with Crippen LogP contribution < -0.4 is 5.73 Å². The second-order valence-corrected chi connectivity index (χ2v) is 5.36. The van der Waals surface area contributed by atoms with Crippen LogP contribution in [0.15, 0.2) is 24.3 Å². The van der Waals surface area contributed by atoms with E-state index >= 15 is 0 Å². The van der Waals surface area contributed by atoms with E-state index in [4.69, 9.17) is 5.73 Å². The van der Waals surface area contributed by atoms with Crippen molar-refractivity contribution >= 4 is 5.69 Å². The zero-order valence-electron chi connectivity index (χ0n) is 10.7. The predicted octanol–water partition coefficient (Wildman–Crippen LogP) is 2.90. The zero-order chi connectivity index (χ0) is 13.1. The molecule has 1 aromatic carbocycles. The largest absolute Gasteiger partial charge is 0.327 e. The van der Waals surface area contributed by atoms with Gasteiger partial charge in [0.2, 0.25) is 0 Å². The number of nitrogens with two attached hydrogens (primary N) is 1. The molecule has 1 fully saturated rings. The topological polar surface area (TPSA) is 69.2 Å². The normalized spacial score (nSPS) is 25.0. The fourth-order valence-electron chi connectivity index (χ4n) is 2.99. The quantitative estimate of drug-likeness (QED) is 0.658. The third-order valence-electron chi connectivity index (χ3n) is 4.10. The Morgan fingerprint density at radius 3 is 2.56 bits per heavy atom. The van der Waals surface area contributed by atoms with Crippen LogP contribution in [0, 0.1) is 22.0 Å². The number of non-ortho nitro benzene ring substituents is 1. The number of nitro benzene ring substituents is 1. The minimum absolute atomic E-state index is 0.140.